The molecule has 0 unspecified atom stereocenters. The Kier molecular flexibility index (Phi) is 7.39. The van der Waals surface area contributed by atoms with E-state index in [0.29, 0.717) is 12.6 Å². The lowest BCUT2D eigenvalue weighted by atomic mass is 10.1. The fourth-order valence-corrected chi connectivity index (χ4v) is 6.39. The summed E-state index contributed by atoms with van der Waals surface area (Å²) in [5.74, 6) is 3.28. The van der Waals surface area contributed by atoms with Crippen molar-refractivity contribution in [3.63, 3.8) is 0 Å². The van der Waals surface area contributed by atoms with Crippen molar-refractivity contribution < 1.29 is 9.16 Å². The molecule has 10 nitrogen and oxygen atoms in total. The zero-order valence-corrected chi connectivity index (χ0v) is 27.3. The molecular weight excluding hydrogens is 544 g/mol. The van der Waals surface area contributed by atoms with Crippen LogP contribution in [-0.4, -0.2) is 80.2 Å². The SMILES string of the molecule is Cc1nc(-c2cn3c(n2)-c2ccc(-c4cnn(C5CN(CCO[Si](C)(C)C(C)(C)C)C5)c4)cc2OCC3)n(C(C)C)n1. The Morgan fingerprint density at radius 1 is 1.07 bits per heavy atom. The summed E-state index contributed by atoms with van der Waals surface area (Å²) in [6.07, 6.45) is 6.18. The Morgan fingerprint density at radius 2 is 1.86 bits per heavy atom. The van der Waals surface area contributed by atoms with Crippen molar-refractivity contribution in [2.24, 2.45) is 0 Å². The van der Waals surface area contributed by atoms with E-state index in [4.69, 9.17) is 19.2 Å². The van der Waals surface area contributed by atoms with Crippen LogP contribution in [-0.2, 0) is 11.0 Å². The Bertz CT molecular complexity index is 1570. The van der Waals surface area contributed by atoms with Crippen molar-refractivity contribution in [1.29, 1.82) is 0 Å². The number of ether oxygens (including phenoxy) is 1. The fraction of sp³-hybridized carbons (Fsp3) is 0.548. The fourth-order valence-electron chi connectivity index (χ4n) is 5.36. The summed E-state index contributed by atoms with van der Waals surface area (Å²) < 4.78 is 18.8. The quantitative estimate of drug-likeness (QED) is 0.239. The Labute approximate surface area is 249 Å². The van der Waals surface area contributed by atoms with Crippen LogP contribution < -0.4 is 4.74 Å². The van der Waals surface area contributed by atoms with E-state index in [0.717, 1.165) is 78.4 Å². The van der Waals surface area contributed by atoms with Gasteiger partial charge in [0, 0.05) is 50.2 Å². The number of rotatable bonds is 8. The smallest absolute Gasteiger partial charge is 0.192 e. The molecule has 11 heteroatoms. The summed E-state index contributed by atoms with van der Waals surface area (Å²) >= 11 is 0. The summed E-state index contributed by atoms with van der Waals surface area (Å²) in [5, 5.41) is 9.54. The third-order valence-corrected chi connectivity index (χ3v) is 13.5. The van der Waals surface area contributed by atoms with E-state index in [1.165, 1.54) is 0 Å². The van der Waals surface area contributed by atoms with Crippen LogP contribution in [0.3, 0.4) is 0 Å². The first-order valence-corrected chi connectivity index (χ1v) is 18.0. The second-order valence-electron chi connectivity index (χ2n) is 13.5. The van der Waals surface area contributed by atoms with Gasteiger partial charge in [0.05, 0.1) is 24.3 Å². The van der Waals surface area contributed by atoms with E-state index in [1.54, 1.807) is 0 Å². The zero-order chi connectivity index (χ0) is 29.8. The molecule has 1 aromatic carbocycles. The molecule has 5 heterocycles. The number of aromatic nitrogens is 7. The first-order valence-electron chi connectivity index (χ1n) is 15.1. The molecule has 1 saturated heterocycles. The molecule has 224 valence electrons. The lowest BCUT2D eigenvalue weighted by Gasteiger charge is -2.41. The van der Waals surface area contributed by atoms with Gasteiger partial charge in [-0.3, -0.25) is 9.58 Å². The molecule has 3 aromatic heterocycles. The van der Waals surface area contributed by atoms with E-state index in [-0.39, 0.29) is 11.1 Å². The molecule has 1 fully saturated rings. The van der Waals surface area contributed by atoms with Crippen molar-refractivity contribution in [1.82, 2.24) is 39.0 Å². The monoisotopic (exact) mass is 588 g/mol. The first kappa shape index (κ1) is 28.8. The molecule has 2 aliphatic rings. The number of hydrogen-bond donors (Lipinski definition) is 0. The van der Waals surface area contributed by atoms with E-state index in [1.807, 2.05) is 17.8 Å². The van der Waals surface area contributed by atoms with Crippen LogP contribution in [0.15, 0.2) is 36.8 Å². The highest BCUT2D eigenvalue weighted by atomic mass is 28.4. The molecule has 0 saturated carbocycles. The van der Waals surface area contributed by atoms with Crippen LogP contribution in [0.25, 0.3) is 34.0 Å². The lowest BCUT2D eigenvalue weighted by molar-refractivity contribution is 0.0793. The van der Waals surface area contributed by atoms with Gasteiger partial charge in [-0.25, -0.2) is 14.6 Å². The molecule has 2 aliphatic heterocycles. The Balaban J connectivity index is 1.14. The van der Waals surface area contributed by atoms with Gasteiger partial charge in [0.2, 0.25) is 0 Å². The summed E-state index contributed by atoms with van der Waals surface area (Å²) in [5.41, 5.74) is 4.00. The number of likely N-dealkylation sites (tertiary alicyclic amines) is 1. The number of nitrogens with zero attached hydrogens (tertiary/aromatic N) is 8. The van der Waals surface area contributed by atoms with Crippen molar-refractivity contribution >= 4 is 8.32 Å². The van der Waals surface area contributed by atoms with Gasteiger partial charge in [-0.1, -0.05) is 26.8 Å². The van der Waals surface area contributed by atoms with Crippen LogP contribution in [0.4, 0.5) is 0 Å². The summed E-state index contributed by atoms with van der Waals surface area (Å²) in [7, 11) is -1.70. The van der Waals surface area contributed by atoms with Crippen molar-refractivity contribution in [3.8, 4) is 39.8 Å². The summed E-state index contributed by atoms with van der Waals surface area (Å²) in [4.78, 5) is 12.1. The van der Waals surface area contributed by atoms with Gasteiger partial charge in [-0.05, 0) is 56.6 Å². The van der Waals surface area contributed by atoms with Crippen LogP contribution in [0.5, 0.6) is 5.75 Å². The number of fused-ring (bicyclic) bond motifs is 3. The number of benzene rings is 1. The maximum absolute atomic E-state index is 6.37. The standard InChI is InChI=1S/C31H44N8O2Si/c1-21(2)39-30(33-22(3)35-39)27-20-37-12-13-40-28-15-23(9-10-26(28)29(37)34-27)24-16-32-38(17-24)25-18-36(19-25)11-14-41-42(7,8)31(4,5)6/h9-10,15-17,20-21,25H,11-14,18-19H2,1-8H3. The minimum Gasteiger partial charge on any atom is -0.491 e. The summed E-state index contributed by atoms with van der Waals surface area (Å²) in [6, 6.07) is 6.96. The molecule has 42 heavy (non-hydrogen) atoms. The number of imidazole rings is 1. The molecule has 0 amide bonds. The van der Waals surface area contributed by atoms with Crippen LogP contribution in [0.1, 0.15) is 52.5 Å². The van der Waals surface area contributed by atoms with Crippen LogP contribution in [0, 0.1) is 6.92 Å². The molecule has 0 N–H and O–H groups in total. The Morgan fingerprint density at radius 3 is 2.60 bits per heavy atom. The second kappa shape index (κ2) is 10.8. The van der Waals surface area contributed by atoms with E-state index < -0.39 is 8.32 Å². The van der Waals surface area contributed by atoms with Gasteiger partial charge in [-0.2, -0.15) is 10.2 Å². The number of hydrogen-bond acceptors (Lipinski definition) is 7. The van der Waals surface area contributed by atoms with Crippen LogP contribution >= 0.6 is 0 Å². The molecule has 0 radical (unpaired) electrons. The highest BCUT2D eigenvalue weighted by molar-refractivity contribution is 6.74. The predicted molar refractivity (Wildman–Crippen MR) is 167 cm³/mol. The maximum atomic E-state index is 6.37. The van der Waals surface area contributed by atoms with E-state index in [2.05, 4.69) is 103 Å². The summed E-state index contributed by atoms with van der Waals surface area (Å²) in [6.45, 7) is 22.7. The average Bonchev–Trinajstić information content (AvgIpc) is 3.61. The third kappa shape index (κ3) is 5.45. The van der Waals surface area contributed by atoms with Gasteiger partial charge >= 0.3 is 0 Å². The van der Waals surface area contributed by atoms with Crippen molar-refractivity contribution in [3.05, 3.63) is 42.6 Å². The topological polar surface area (TPSA) is 88.0 Å². The second-order valence-corrected chi connectivity index (χ2v) is 18.3. The van der Waals surface area contributed by atoms with Gasteiger partial charge in [0.15, 0.2) is 14.1 Å². The number of aryl methyl sites for hydroxylation is 1. The highest BCUT2D eigenvalue weighted by Gasteiger charge is 2.37. The Hall–Kier alpha value is -3.28. The van der Waals surface area contributed by atoms with E-state index >= 15 is 0 Å². The molecule has 0 atom stereocenters. The molecule has 0 spiro atoms. The van der Waals surface area contributed by atoms with Gasteiger partial charge < -0.3 is 13.7 Å². The molecule has 4 aromatic rings. The molecular formula is C31H44N8O2Si. The van der Waals surface area contributed by atoms with E-state index in [9.17, 15) is 0 Å². The third-order valence-electron chi connectivity index (χ3n) is 8.97. The minimum atomic E-state index is -1.70. The van der Waals surface area contributed by atoms with Crippen LogP contribution in [0.2, 0.25) is 18.1 Å². The first-order chi connectivity index (χ1) is 19.9. The average molecular weight is 589 g/mol. The molecule has 0 aliphatic carbocycles. The predicted octanol–water partition coefficient (Wildman–Crippen LogP) is 5.83. The lowest BCUT2D eigenvalue weighted by Crippen LogP contribution is -2.50. The minimum absolute atomic E-state index is 0.200. The molecule has 6 rings (SSSR count). The zero-order valence-electron chi connectivity index (χ0n) is 26.3. The maximum Gasteiger partial charge on any atom is 0.192 e. The van der Waals surface area contributed by atoms with Gasteiger partial charge in [0.25, 0.3) is 0 Å². The highest BCUT2D eigenvalue weighted by Crippen LogP contribution is 2.38. The van der Waals surface area contributed by atoms with Gasteiger partial charge in [0.1, 0.15) is 29.7 Å². The van der Waals surface area contributed by atoms with Crippen molar-refractivity contribution in [2.45, 2.75) is 78.3 Å². The van der Waals surface area contributed by atoms with Crippen molar-refractivity contribution in [2.75, 3.05) is 32.8 Å². The normalized spacial score (nSPS) is 16.2. The largest absolute Gasteiger partial charge is 0.491 e. The molecule has 0 bridgehead atoms. The van der Waals surface area contributed by atoms with Gasteiger partial charge in [-0.15, -0.1) is 0 Å².